The molecule has 3 heteroatoms. The quantitative estimate of drug-likeness (QED) is 0.819. The van der Waals surface area contributed by atoms with Crippen LogP contribution < -0.4 is 0 Å². The van der Waals surface area contributed by atoms with Gasteiger partial charge in [-0.1, -0.05) is 42.5 Å². The Balaban J connectivity index is 1.99. The van der Waals surface area contributed by atoms with E-state index in [-0.39, 0.29) is 11.9 Å². The van der Waals surface area contributed by atoms with Crippen molar-refractivity contribution >= 4 is 5.70 Å². The van der Waals surface area contributed by atoms with Gasteiger partial charge in [-0.3, -0.25) is 0 Å². The minimum atomic E-state index is -0.194. The van der Waals surface area contributed by atoms with E-state index in [1.54, 1.807) is 12.1 Å². The largest absolute Gasteiger partial charge is 0.308 e. The summed E-state index contributed by atoms with van der Waals surface area (Å²) in [5, 5.41) is 4.21. The van der Waals surface area contributed by atoms with Crippen molar-refractivity contribution in [2.45, 2.75) is 6.04 Å². The summed E-state index contributed by atoms with van der Waals surface area (Å²) in [6.45, 7) is 0. The smallest absolute Gasteiger partial charge is 0.123 e. The third kappa shape index (κ3) is 2.21. The second-order valence-corrected chi connectivity index (χ2v) is 5.02. The molecule has 0 aromatic heterocycles. The van der Waals surface area contributed by atoms with Gasteiger partial charge in [0.05, 0.1) is 11.7 Å². The highest BCUT2D eigenvalue weighted by Crippen LogP contribution is 2.35. The molecule has 0 spiro atoms. The van der Waals surface area contributed by atoms with Gasteiger partial charge in [0.1, 0.15) is 5.82 Å². The fourth-order valence-electron chi connectivity index (χ4n) is 2.62. The summed E-state index contributed by atoms with van der Waals surface area (Å²) in [6, 6.07) is 17.1. The fourth-order valence-corrected chi connectivity index (χ4v) is 2.62. The number of benzene rings is 2. The molecule has 0 aliphatic carbocycles. The Morgan fingerprint density at radius 2 is 1.70 bits per heavy atom. The first kappa shape index (κ1) is 12.9. The molecule has 1 unspecified atom stereocenters. The van der Waals surface area contributed by atoms with E-state index < -0.39 is 0 Å². The molecule has 1 aliphatic rings. The van der Waals surface area contributed by atoms with Gasteiger partial charge in [0.2, 0.25) is 0 Å². The van der Waals surface area contributed by atoms with Gasteiger partial charge >= 0.3 is 0 Å². The van der Waals surface area contributed by atoms with Crippen LogP contribution in [0.1, 0.15) is 17.2 Å². The highest BCUT2D eigenvalue weighted by molar-refractivity contribution is 5.66. The van der Waals surface area contributed by atoms with E-state index in [1.165, 1.54) is 11.6 Å². The Kier molecular flexibility index (Phi) is 3.28. The van der Waals surface area contributed by atoms with Crippen LogP contribution >= 0.6 is 0 Å². The molecule has 1 heterocycles. The lowest BCUT2D eigenvalue weighted by molar-refractivity contribution is 0.0830. The van der Waals surface area contributed by atoms with Crippen molar-refractivity contribution in [3.8, 4) is 0 Å². The molecule has 0 fully saturated rings. The molecule has 0 N–H and O–H groups in total. The second-order valence-electron chi connectivity index (χ2n) is 5.02. The van der Waals surface area contributed by atoms with E-state index in [9.17, 15) is 4.39 Å². The number of hydrogen-bond acceptors (Lipinski definition) is 2. The van der Waals surface area contributed by atoms with Crippen LogP contribution in [0.4, 0.5) is 4.39 Å². The van der Waals surface area contributed by atoms with Crippen LogP contribution in [0, 0.1) is 5.82 Å². The van der Waals surface area contributed by atoms with Gasteiger partial charge in [0.25, 0.3) is 0 Å². The highest BCUT2D eigenvalue weighted by Gasteiger charge is 2.28. The molecular weight excluding hydrogens is 251 g/mol. The number of rotatable bonds is 2. The number of likely N-dealkylation sites (N-methyl/N-ethyl adjacent to an activating group) is 1. The van der Waals surface area contributed by atoms with E-state index in [2.05, 4.69) is 28.2 Å². The fraction of sp³-hybridized carbons (Fsp3) is 0.176. The molecule has 2 nitrogen and oxygen atoms in total. The lowest BCUT2D eigenvalue weighted by Crippen LogP contribution is -2.32. The summed E-state index contributed by atoms with van der Waals surface area (Å²) in [5.74, 6) is -0.194. The van der Waals surface area contributed by atoms with E-state index in [0.717, 1.165) is 11.3 Å². The summed E-state index contributed by atoms with van der Waals surface area (Å²) in [5.41, 5.74) is 3.27. The Morgan fingerprint density at radius 3 is 2.40 bits per heavy atom. The summed E-state index contributed by atoms with van der Waals surface area (Å²) < 4.78 is 13.4. The van der Waals surface area contributed by atoms with Crippen molar-refractivity contribution in [2.24, 2.45) is 0 Å². The van der Waals surface area contributed by atoms with E-state index >= 15 is 0 Å². The minimum Gasteiger partial charge on any atom is -0.308 e. The predicted octanol–water partition coefficient (Wildman–Crippen LogP) is 3.70. The van der Waals surface area contributed by atoms with Crippen LogP contribution in [0.5, 0.6) is 0 Å². The maximum absolute atomic E-state index is 13.4. The number of halogens is 1. The first-order valence-electron chi connectivity index (χ1n) is 6.66. The van der Waals surface area contributed by atoms with Crippen LogP contribution in [0.2, 0.25) is 0 Å². The standard InChI is InChI=1S/C17H17FN2/c1-19-16(13-7-4-3-5-8-13)12-17(20(19)2)14-9-6-10-15(18)11-14/h3-12,17H,1-2H3. The highest BCUT2D eigenvalue weighted by atomic mass is 19.1. The normalized spacial score (nSPS) is 19.2. The Bertz CT molecular complexity index is 636. The Morgan fingerprint density at radius 1 is 0.950 bits per heavy atom. The first-order chi connectivity index (χ1) is 9.66. The SMILES string of the molecule is CN1C(c2ccccc2)=CC(c2cccc(F)c2)N1C. The summed E-state index contributed by atoms with van der Waals surface area (Å²) >= 11 is 0. The maximum Gasteiger partial charge on any atom is 0.123 e. The molecule has 1 aliphatic heterocycles. The number of hydrazine groups is 1. The lowest BCUT2D eigenvalue weighted by Gasteiger charge is -2.29. The molecule has 3 rings (SSSR count). The molecular formula is C17H17FN2. The lowest BCUT2D eigenvalue weighted by atomic mass is 10.0. The van der Waals surface area contributed by atoms with Crippen molar-refractivity contribution in [1.82, 2.24) is 10.0 Å². The van der Waals surface area contributed by atoms with Crippen LogP contribution in [0.25, 0.3) is 5.70 Å². The van der Waals surface area contributed by atoms with Crippen molar-refractivity contribution in [1.29, 1.82) is 0 Å². The van der Waals surface area contributed by atoms with Crippen molar-refractivity contribution in [3.05, 3.63) is 77.6 Å². The predicted molar refractivity (Wildman–Crippen MR) is 79.1 cm³/mol. The van der Waals surface area contributed by atoms with Crippen LogP contribution in [-0.4, -0.2) is 24.1 Å². The van der Waals surface area contributed by atoms with Gasteiger partial charge in [-0.25, -0.2) is 9.40 Å². The molecule has 1 atom stereocenters. The first-order valence-corrected chi connectivity index (χ1v) is 6.66. The van der Waals surface area contributed by atoms with Gasteiger partial charge in [0.15, 0.2) is 0 Å². The zero-order valence-corrected chi connectivity index (χ0v) is 11.6. The Hall–Kier alpha value is -2.13. The van der Waals surface area contributed by atoms with Crippen molar-refractivity contribution < 1.29 is 4.39 Å². The van der Waals surface area contributed by atoms with Gasteiger partial charge in [-0.15, -0.1) is 0 Å². The van der Waals surface area contributed by atoms with Gasteiger partial charge in [-0.2, -0.15) is 0 Å². The monoisotopic (exact) mass is 268 g/mol. The molecule has 0 amide bonds. The van der Waals surface area contributed by atoms with Crippen LogP contribution in [0.15, 0.2) is 60.7 Å². The maximum atomic E-state index is 13.4. The zero-order chi connectivity index (χ0) is 14.1. The van der Waals surface area contributed by atoms with E-state index in [1.807, 2.05) is 38.4 Å². The molecule has 102 valence electrons. The molecule has 0 bridgehead atoms. The summed E-state index contributed by atoms with van der Waals surface area (Å²) in [4.78, 5) is 0. The average Bonchev–Trinajstić information content (AvgIpc) is 2.76. The van der Waals surface area contributed by atoms with Crippen LogP contribution in [0.3, 0.4) is 0 Å². The second kappa shape index (κ2) is 5.10. The molecule has 0 saturated carbocycles. The average molecular weight is 268 g/mol. The van der Waals surface area contributed by atoms with Crippen molar-refractivity contribution in [3.63, 3.8) is 0 Å². The molecule has 20 heavy (non-hydrogen) atoms. The molecule has 2 aromatic carbocycles. The third-order valence-corrected chi connectivity index (χ3v) is 3.80. The number of hydrogen-bond donors (Lipinski definition) is 0. The Labute approximate surface area is 118 Å². The number of nitrogens with zero attached hydrogens (tertiary/aromatic N) is 2. The molecule has 2 aromatic rings. The van der Waals surface area contributed by atoms with E-state index in [4.69, 9.17) is 0 Å². The van der Waals surface area contributed by atoms with Gasteiger partial charge < -0.3 is 5.01 Å². The van der Waals surface area contributed by atoms with Gasteiger partial charge in [-0.05, 0) is 29.3 Å². The van der Waals surface area contributed by atoms with E-state index in [0.29, 0.717) is 0 Å². The summed E-state index contributed by atoms with van der Waals surface area (Å²) in [6.07, 6.45) is 2.17. The van der Waals surface area contributed by atoms with Crippen LogP contribution in [-0.2, 0) is 0 Å². The third-order valence-electron chi connectivity index (χ3n) is 3.80. The molecule has 0 radical (unpaired) electrons. The topological polar surface area (TPSA) is 6.48 Å². The minimum absolute atomic E-state index is 0.0610. The summed E-state index contributed by atoms with van der Waals surface area (Å²) in [7, 11) is 4.04. The van der Waals surface area contributed by atoms with Crippen molar-refractivity contribution in [2.75, 3.05) is 14.1 Å². The molecule has 0 saturated heterocycles. The van der Waals surface area contributed by atoms with Gasteiger partial charge in [0, 0.05) is 14.1 Å². The zero-order valence-electron chi connectivity index (χ0n) is 11.6.